The fourth-order valence-electron chi connectivity index (χ4n) is 3.14. The van der Waals surface area contributed by atoms with Crippen LogP contribution in [0.5, 0.6) is 5.75 Å². The fourth-order valence-corrected chi connectivity index (χ4v) is 3.14. The van der Waals surface area contributed by atoms with E-state index in [1.165, 1.54) is 0 Å². The highest BCUT2D eigenvalue weighted by Gasteiger charge is 2.07. The Morgan fingerprint density at radius 1 is 1.12 bits per heavy atom. The van der Waals surface area contributed by atoms with Crippen LogP contribution in [0.15, 0.2) is 60.9 Å². The molecule has 0 aliphatic rings. The molecule has 5 nitrogen and oxygen atoms in total. The van der Waals surface area contributed by atoms with Gasteiger partial charge in [0, 0.05) is 34.6 Å². The molecule has 0 aliphatic carbocycles. The lowest BCUT2D eigenvalue weighted by atomic mass is 10.1. The van der Waals surface area contributed by atoms with Gasteiger partial charge in [-0.1, -0.05) is 18.2 Å². The van der Waals surface area contributed by atoms with Gasteiger partial charge >= 0.3 is 0 Å². The van der Waals surface area contributed by atoms with Gasteiger partial charge in [-0.2, -0.15) is 0 Å². The molecule has 0 aliphatic heterocycles. The van der Waals surface area contributed by atoms with Crippen molar-refractivity contribution < 1.29 is 9.53 Å². The highest BCUT2D eigenvalue weighted by Crippen LogP contribution is 2.26. The molecule has 1 amide bonds. The van der Waals surface area contributed by atoms with E-state index in [0.29, 0.717) is 12.8 Å². The Bertz CT molecular complexity index is 1080. The molecule has 2 heterocycles. The van der Waals surface area contributed by atoms with E-state index in [1.807, 2.05) is 54.7 Å². The Hall–Kier alpha value is -3.34. The lowest BCUT2D eigenvalue weighted by Crippen LogP contribution is -2.12. The summed E-state index contributed by atoms with van der Waals surface area (Å²) in [5, 5.41) is 5.22. The SMILES string of the molecule is COc1cccc(CCC(=O)Nc2ccc3c(c2)[nH]c2cnccc23)c1. The molecule has 0 unspecified atom stereocenters. The number of pyridine rings is 1. The van der Waals surface area contributed by atoms with Crippen LogP contribution in [0, 0.1) is 0 Å². The van der Waals surface area contributed by atoms with Crippen molar-refractivity contribution in [1.82, 2.24) is 9.97 Å². The van der Waals surface area contributed by atoms with Gasteiger partial charge in [-0.25, -0.2) is 0 Å². The number of carbonyl (C=O) groups excluding carboxylic acids is 1. The summed E-state index contributed by atoms with van der Waals surface area (Å²) >= 11 is 0. The van der Waals surface area contributed by atoms with E-state index in [4.69, 9.17) is 4.74 Å². The number of aryl methyl sites for hydroxylation is 1. The molecule has 4 aromatic rings. The van der Waals surface area contributed by atoms with E-state index in [9.17, 15) is 4.79 Å². The Labute approximate surface area is 151 Å². The van der Waals surface area contributed by atoms with Crippen molar-refractivity contribution in [2.75, 3.05) is 12.4 Å². The number of rotatable bonds is 5. The van der Waals surface area contributed by atoms with Crippen molar-refractivity contribution in [1.29, 1.82) is 0 Å². The molecule has 0 fully saturated rings. The number of benzene rings is 2. The third-order valence-electron chi connectivity index (χ3n) is 4.46. The number of amides is 1. The number of aromatic nitrogens is 2. The van der Waals surface area contributed by atoms with Crippen molar-refractivity contribution in [2.24, 2.45) is 0 Å². The Kier molecular flexibility index (Phi) is 4.27. The minimum atomic E-state index is -0.00931. The predicted octanol–water partition coefficient (Wildman–Crippen LogP) is 4.30. The van der Waals surface area contributed by atoms with Crippen molar-refractivity contribution in [3.05, 3.63) is 66.5 Å². The van der Waals surface area contributed by atoms with Gasteiger partial charge in [0.15, 0.2) is 0 Å². The summed E-state index contributed by atoms with van der Waals surface area (Å²) in [6.45, 7) is 0. The van der Waals surface area contributed by atoms with E-state index < -0.39 is 0 Å². The summed E-state index contributed by atoms with van der Waals surface area (Å²) in [4.78, 5) is 19.8. The number of nitrogens with zero attached hydrogens (tertiary/aromatic N) is 1. The summed E-state index contributed by atoms with van der Waals surface area (Å²) < 4.78 is 5.21. The first kappa shape index (κ1) is 16.1. The number of fused-ring (bicyclic) bond motifs is 3. The summed E-state index contributed by atoms with van der Waals surface area (Å²) in [7, 11) is 1.64. The quantitative estimate of drug-likeness (QED) is 0.567. The number of anilines is 1. The second kappa shape index (κ2) is 6.88. The fraction of sp³-hybridized carbons (Fsp3) is 0.143. The molecule has 2 aromatic heterocycles. The molecule has 0 bridgehead atoms. The maximum Gasteiger partial charge on any atom is 0.224 e. The molecular weight excluding hydrogens is 326 g/mol. The van der Waals surface area contributed by atoms with E-state index in [0.717, 1.165) is 38.8 Å². The molecule has 4 rings (SSSR count). The smallest absolute Gasteiger partial charge is 0.224 e. The van der Waals surface area contributed by atoms with E-state index >= 15 is 0 Å². The van der Waals surface area contributed by atoms with Crippen LogP contribution < -0.4 is 10.1 Å². The lowest BCUT2D eigenvalue weighted by Gasteiger charge is -2.07. The van der Waals surface area contributed by atoms with Crippen LogP contribution >= 0.6 is 0 Å². The van der Waals surface area contributed by atoms with Crippen molar-refractivity contribution in [3.8, 4) is 5.75 Å². The zero-order valence-corrected chi connectivity index (χ0v) is 14.5. The molecule has 0 spiro atoms. The van der Waals surface area contributed by atoms with Crippen molar-refractivity contribution in [2.45, 2.75) is 12.8 Å². The number of nitrogens with one attached hydrogen (secondary N) is 2. The summed E-state index contributed by atoms with van der Waals surface area (Å²) in [6.07, 6.45) is 4.68. The third-order valence-corrected chi connectivity index (χ3v) is 4.46. The third kappa shape index (κ3) is 3.24. The Morgan fingerprint density at radius 2 is 2.00 bits per heavy atom. The predicted molar refractivity (Wildman–Crippen MR) is 104 cm³/mol. The zero-order chi connectivity index (χ0) is 17.9. The monoisotopic (exact) mass is 345 g/mol. The van der Waals surface area contributed by atoms with E-state index in [1.54, 1.807) is 13.3 Å². The molecule has 0 atom stereocenters. The van der Waals surface area contributed by atoms with Crippen LogP contribution in [0.4, 0.5) is 5.69 Å². The molecule has 2 aromatic carbocycles. The van der Waals surface area contributed by atoms with Crippen LogP contribution in [0.25, 0.3) is 21.8 Å². The number of carbonyl (C=O) groups is 1. The Morgan fingerprint density at radius 3 is 2.88 bits per heavy atom. The van der Waals surface area contributed by atoms with Crippen LogP contribution in [0.2, 0.25) is 0 Å². The largest absolute Gasteiger partial charge is 0.497 e. The van der Waals surface area contributed by atoms with Gasteiger partial charge in [0.2, 0.25) is 5.91 Å². The molecular formula is C21H19N3O2. The van der Waals surface area contributed by atoms with Gasteiger partial charge in [-0.3, -0.25) is 9.78 Å². The topological polar surface area (TPSA) is 67.0 Å². The summed E-state index contributed by atoms with van der Waals surface area (Å²) in [6, 6.07) is 15.7. The van der Waals surface area contributed by atoms with E-state index in [-0.39, 0.29) is 5.91 Å². The van der Waals surface area contributed by atoms with E-state index in [2.05, 4.69) is 15.3 Å². The van der Waals surface area contributed by atoms with Crippen LogP contribution in [-0.2, 0) is 11.2 Å². The maximum atomic E-state index is 12.3. The minimum absolute atomic E-state index is 0.00931. The van der Waals surface area contributed by atoms with Gasteiger partial charge in [0.1, 0.15) is 5.75 Å². The van der Waals surface area contributed by atoms with Crippen molar-refractivity contribution in [3.63, 3.8) is 0 Å². The first-order valence-corrected chi connectivity index (χ1v) is 8.51. The van der Waals surface area contributed by atoms with Crippen LogP contribution in [0.3, 0.4) is 0 Å². The highest BCUT2D eigenvalue weighted by atomic mass is 16.5. The van der Waals surface area contributed by atoms with Crippen LogP contribution in [0.1, 0.15) is 12.0 Å². The molecule has 0 radical (unpaired) electrons. The standard InChI is InChI=1S/C21H19N3O2/c1-26-16-4-2-3-14(11-16)5-8-21(25)23-15-6-7-17-18-9-10-22-13-20(18)24-19(17)12-15/h2-4,6-7,9-13,24H,5,8H2,1H3,(H,23,25). The lowest BCUT2D eigenvalue weighted by molar-refractivity contribution is -0.116. The van der Waals surface area contributed by atoms with Gasteiger partial charge < -0.3 is 15.0 Å². The molecule has 2 N–H and O–H groups in total. The van der Waals surface area contributed by atoms with Gasteiger partial charge in [-0.15, -0.1) is 0 Å². The number of hydrogen-bond donors (Lipinski definition) is 2. The molecule has 26 heavy (non-hydrogen) atoms. The first-order valence-electron chi connectivity index (χ1n) is 8.51. The Balaban J connectivity index is 1.46. The second-order valence-corrected chi connectivity index (χ2v) is 6.21. The maximum absolute atomic E-state index is 12.3. The number of hydrogen-bond acceptors (Lipinski definition) is 3. The number of ether oxygens (including phenoxy) is 1. The first-order chi connectivity index (χ1) is 12.7. The highest BCUT2D eigenvalue weighted by molar-refractivity contribution is 6.08. The molecule has 5 heteroatoms. The zero-order valence-electron chi connectivity index (χ0n) is 14.5. The number of methoxy groups -OCH3 is 1. The molecule has 0 saturated carbocycles. The van der Waals surface area contributed by atoms with Gasteiger partial charge in [0.05, 0.1) is 18.8 Å². The molecule has 130 valence electrons. The average Bonchev–Trinajstić information content (AvgIpc) is 3.04. The molecule has 0 saturated heterocycles. The summed E-state index contributed by atoms with van der Waals surface area (Å²) in [5.41, 5.74) is 3.84. The average molecular weight is 345 g/mol. The second-order valence-electron chi connectivity index (χ2n) is 6.21. The normalized spacial score (nSPS) is 11.0. The van der Waals surface area contributed by atoms with Gasteiger partial charge in [-0.05, 0) is 42.3 Å². The van der Waals surface area contributed by atoms with Crippen molar-refractivity contribution >= 4 is 33.4 Å². The van der Waals surface area contributed by atoms with Gasteiger partial charge in [0.25, 0.3) is 0 Å². The minimum Gasteiger partial charge on any atom is -0.497 e. The summed E-state index contributed by atoms with van der Waals surface area (Å²) in [5.74, 6) is 0.798. The number of aromatic amines is 1. The number of H-pyrrole nitrogens is 1. The van der Waals surface area contributed by atoms with Crippen LogP contribution in [-0.4, -0.2) is 23.0 Å².